The van der Waals surface area contributed by atoms with Crippen LogP contribution in [0.4, 0.5) is 10.6 Å². The molecule has 128 valence electrons. The van der Waals surface area contributed by atoms with Crippen molar-refractivity contribution in [2.45, 2.75) is 20.0 Å². The first-order valence-electron chi connectivity index (χ1n) is 7.89. The van der Waals surface area contributed by atoms with Crippen molar-refractivity contribution in [2.24, 2.45) is 0 Å². The Hall–Kier alpha value is -1.92. The van der Waals surface area contributed by atoms with Crippen LogP contribution in [0.5, 0.6) is 0 Å². The van der Waals surface area contributed by atoms with Crippen LogP contribution in [0.25, 0.3) is 0 Å². The number of carbonyl (C=O) groups excluding carboxylic acids is 1. The summed E-state index contributed by atoms with van der Waals surface area (Å²) in [6.45, 7) is 3.89. The van der Waals surface area contributed by atoms with E-state index in [9.17, 15) is 4.79 Å². The third-order valence-electron chi connectivity index (χ3n) is 3.29. The third-order valence-corrected chi connectivity index (χ3v) is 3.91. The summed E-state index contributed by atoms with van der Waals surface area (Å²) in [4.78, 5) is 18.4. The Kier molecular flexibility index (Phi) is 7.71. The Morgan fingerprint density at radius 1 is 1.21 bits per heavy atom. The van der Waals surface area contributed by atoms with Crippen LogP contribution in [0.3, 0.4) is 0 Å². The van der Waals surface area contributed by atoms with Gasteiger partial charge in [0.2, 0.25) is 0 Å². The third kappa shape index (κ3) is 5.62. The summed E-state index contributed by atoms with van der Waals surface area (Å²) in [5.74, 6) is 0.548. The normalized spacial score (nSPS) is 10.4. The van der Waals surface area contributed by atoms with E-state index in [1.165, 1.54) is 4.90 Å². The zero-order chi connectivity index (χ0) is 17.2. The first-order chi connectivity index (χ1) is 11.7. The first-order valence-corrected chi connectivity index (χ1v) is 8.68. The van der Waals surface area contributed by atoms with Gasteiger partial charge in [-0.2, -0.15) is 0 Å². The van der Waals surface area contributed by atoms with E-state index < -0.39 is 6.09 Å². The van der Waals surface area contributed by atoms with Crippen molar-refractivity contribution in [2.75, 3.05) is 24.7 Å². The Bertz CT molecular complexity index is 637. The number of halogens is 1. The van der Waals surface area contributed by atoms with Crippen LogP contribution in [0, 0.1) is 0 Å². The van der Waals surface area contributed by atoms with Gasteiger partial charge >= 0.3 is 6.09 Å². The Labute approximate surface area is 150 Å². The minimum absolute atomic E-state index is 0.228. The number of hydrogen-bond acceptors (Lipinski definition) is 4. The number of carbonyl (C=O) groups is 1. The molecule has 0 saturated heterocycles. The zero-order valence-corrected chi connectivity index (χ0v) is 15.2. The fourth-order valence-corrected chi connectivity index (χ4v) is 2.59. The molecule has 1 aromatic carbocycles. The number of hydrogen-bond donors (Lipinski definition) is 0. The SMILES string of the molecule is CCOCCCN(C(=O)OCc1ccccc1)c1ncccc1Br. The summed E-state index contributed by atoms with van der Waals surface area (Å²) in [7, 11) is 0. The first kappa shape index (κ1) is 18.4. The molecule has 0 atom stereocenters. The predicted molar refractivity (Wildman–Crippen MR) is 97.0 cm³/mol. The van der Waals surface area contributed by atoms with Crippen molar-refractivity contribution in [1.29, 1.82) is 0 Å². The fourth-order valence-electron chi connectivity index (χ4n) is 2.13. The Balaban J connectivity index is 2.03. The number of aromatic nitrogens is 1. The summed E-state index contributed by atoms with van der Waals surface area (Å²) >= 11 is 3.44. The molecule has 1 heterocycles. The molecule has 1 aromatic heterocycles. The molecule has 0 bridgehead atoms. The van der Waals surface area contributed by atoms with E-state index in [1.54, 1.807) is 12.3 Å². The van der Waals surface area contributed by atoms with Crippen molar-refractivity contribution in [3.8, 4) is 0 Å². The number of pyridine rings is 1. The number of anilines is 1. The topological polar surface area (TPSA) is 51.7 Å². The van der Waals surface area contributed by atoms with Gasteiger partial charge in [0.15, 0.2) is 5.82 Å². The molecule has 2 rings (SSSR count). The smallest absolute Gasteiger partial charge is 0.415 e. The summed E-state index contributed by atoms with van der Waals surface area (Å²) in [6, 6.07) is 13.3. The lowest BCUT2D eigenvalue weighted by atomic mass is 10.2. The van der Waals surface area contributed by atoms with E-state index in [1.807, 2.05) is 43.3 Å². The monoisotopic (exact) mass is 392 g/mol. The summed E-state index contributed by atoms with van der Waals surface area (Å²) in [5.41, 5.74) is 0.945. The summed E-state index contributed by atoms with van der Waals surface area (Å²) in [6.07, 6.45) is 1.94. The minimum Gasteiger partial charge on any atom is -0.444 e. The molecule has 5 nitrogen and oxygen atoms in total. The highest BCUT2D eigenvalue weighted by Gasteiger charge is 2.20. The molecule has 1 amide bonds. The fraction of sp³-hybridized carbons (Fsp3) is 0.333. The Morgan fingerprint density at radius 2 is 2.00 bits per heavy atom. The van der Waals surface area contributed by atoms with Crippen LogP contribution in [0.1, 0.15) is 18.9 Å². The molecule has 0 fully saturated rings. The average molecular weight is 393 g/mol. The van der Waals surface area contributed by atoms with Crippen molar-refractivity contribution in [1.82, 2.24) is 4.98 Å². The van der Waals surface area contributed by atoms with Crippen LogP contribution in [-0.2, 0) is 16.1 Å². The second-order valence-electron chi connectivity index (χ2n) is 5.05. The second kappa shape index (κ2) is 10.1. The lowest BCUT2D eigenvalue weighted by molar-refractivity contribution is 0.137. The highest BCUT2D eigenvalue weighted by molar-refractivity contribution is 9.10. The molecule has 0 radical (unpaired) electrons. The molecule has 0 aliphatic rings. The van der Waals surface area contributed by atoms with Crippen molar-refractivity contribution >= 4 is 27.8 Å². The molecular formula is C18H21BrN2O3. The van der Waals surface area contributed by atoms with Crippen LogP contribution in [0.15, 0.2) is 53.1 Å². The van der Waals surface area contributed by atoms with Crippen LogP contribution in [0.2, 0.25) is 0 Å². The molecule has 0 spiro atoms. The van der Waals surface area contributed by atoms with Gasteiger partial charge in [-0.1, -0.05) is 30.3 Å². The van der Waals surface area contributed by atoms with Gasteiger partial charge in [0, 0.05) is 26.0 Å². The number of nitrogens with zero attached hydrogens (tertiary/aromatic N) is 2. The van der Waals surface area contributed by atoms with Gasteiger partial charge in [0.05, 0.1) is 4.47 Å². The minimum atomic E-state index is -0.422. The maximum atomic E-state index is 12.5. The molecule has 6 heteroatoms. The van der Waals surface area contributed by atoms with Gasteiger partial charge in [-0.15, -0.1) is 0 Å². The lowest BCUT2D eigenvalue weighted by Gasteiger charge is -2.22. The van der Waals surface area contributed by atoms with E-state index in [2.05, 4.69) is 20.9 Å². The maximum absolute atomic E-state index is 12.5. The van der Waals surface area contributed by atoms with Crippen LogP contribution < -0.4 is 4.90 Å². The van der Waals surface area contributed by atoms with Gasteiger partial charge in [-0.05, 0) is 47.0 Å². The number of benzene rings is 1. The van der Waals surface area contributed by atoms with E-state index in [-0.39, 0.29) is 6.61 Å². The second-order valence-corrected chi connectivity index (χ2v) is 5.91. The summed E-state index contributed by atoms with van der Waals surface area (Å²) in [5, 5.41) is 0. The highest BCUT2D eigenvalue weighted by atomic mass is 79.9. The van der Waals surface area contributed by atoms with E-state index in [0.717, 1.165) is 10.0 Å². The molecule has 24 heavy (non-hydrogen) atoms. The van der Waals surface area contributed by atoms with Crippen molar-refractivity contribution in [3.63, 3.8) is 0 Å². The van der Waals surface area contributed by atoms with Gasteiger partial charge in [-0.25, -0.2) is 9.78 Å². The number of amides is 1. The molecule has 2 aromatic rings. The van der Waals surface area contributed by atoms with Gasteiger partial charge < -0.3 is 9.47 Å². The molecule has 0 saturated carbocycles. The maximum Gasteiger partial charge on any atom is 0.415 e. The molecule has 0 aliphatic carbocycles. The zero-order valence-electron chi connectivity index (χ0n) is 13.7. The summed E-state index contributed by atoms with van der Waals surface area (Å²) < 4.78 is 11.5. The largest absolute Gasteiger partial charge is 0.444 e. The van der Waals surface area contributed by atoms with Crippen molar-refractivity contribution in [3.05, 3.63) is 58.7 Å². The van der Waals surface area contributed by atoms with Crippen LogP contribution in [-0.4, -0.2) is 30.8 Å². The van der Waals surface area contributed by atoms with E-state index >= 15 is 0 Å². The standard InChI is InChI=1S/C18H21BrN2O3/c1-2-23-13-7-12-21(17-16(19)10-6-11-20-17)18(22)24-14-15-8-4-3-5-9-15/h3-6,8-11H,2,7,12-14H2,1H3. The van der Waals surface area contributed by atoms with E-state index in [0.29, 0.717) is 32.0 Å². The van der Waals surface area contributed by atoms with Crippen LogP contribution >= 0.6 is 15.9 Å². The quantitative estimate of drug-likeness (QED) is 0.624. The molecule has 0 unspecified atom stereocenters. The number of rotatable bonds is 8. The molecular weight excluding hydrogens is 372 g/mol. The number of ether oxygens (including phenoxy) is 2. The van der Waals surface area contributed by atoms with Crippen molar-refractivity contribution < 1.29 is 14.3 Å². The molecule has 0 aliphatic heterocycles. The molecule has 0 N–H and O–H groups in total. The van der Waals surface area contributed by atoms with Gasteiger partial charge in [0.25, 0.3) is 0 Å². The highest BCUT2D eigenvalue weighted by Crippen LogP contribution is 2.24. The van der Waals surface area contributed by atoms with E-state index in [4.69, 9.17) is 9.47 Å². The predicted octanol–water partition coefficient (Wildman–Crippen LogP) is 4.41. The van der Waals surface area contributed by atoms with Gasteiger partial charge in [0.1, 0.15) is 6.61 Å². The Morgan fingerprint density at radius 3 is 2.71 bits per heavy atom. The van der Waals surface area contributed by atoms with Gasteiger partial charge in [-0.3, -0.25) is 4.90 Å². The average Bonchev–Trinajstić information content (AvgIpc) is 2.62. The lowest BCUT2D eigenvalue weighted by Crippen LogP contribution is -2.34.